The lowest BCUT2D eigenvalue weighted by atomic mass is 10.1. The molecule has 0 N–H and O–H groups in total. The third-order valence-electron chi connectivity index (χ3n) is 1.30. The highest BCUT2D eigenvalue weighted by Gasteiger charge is 1.85. The normalized spacial score (nSPS) is 10.7. The molecule has 10 heavy (non-hydrogen) atoms. The first-order valence-corrected chi connectivity index (χ1v) is 3.39. The van der Waals surface area contributed by atoms with Crippen molar-refractivity contribution in [3.8, 4) is 0 Å². The molecule has 0 spiro atoms. The largest absolute Gasteiger partial charge is 0.0988 e. The van der Waals surface area contributed by atoms with E-state index >= 15 is 0 Å². The van der Waals surface area contributed by atoms with E-state index in [1.165, 1.54) is 5.57 Å². The first-order valence-electron chi connectivity index (χ1n) is 3.39. The van der Waals surface area contributed by atoms with Gasteiger partial charge in [0, 0.05) is 0 Å². The minimum atomic E-state index is 0.941. The van der Waals surface area contributed by atoms with E-state index in [-0.39, 0.29) is 0 Å². The van der Waals surface area contributed by atoms with Gasteiger partial charge in [-0.3, -0.25) is 0 Å². The number of rotatable bonds is 4. The van der Waals surface area contributed by atoms with Gasteiger partial charge in [0.05, 0.1) is 0 Å². The molecule has 54 valence electrons. The molecule has 0 aromatic carbocycles. The Bertz CT molecular complexity index is 170. The van der Waals surface area contributed by atoms with E-state index in [1.807, 2.05) is 12.2 Å². The number of hydrogen-bond acceptors (Lipinski definition) is 0. The van der Waals surface area contributed by atoms with E-state index in [1.54, 1.807) is 6.08 Å². The molecule has 0 aliphatic heterocycles. The minimum Gasteiger partial charge on any atom is -0.0988 e. The summed E-state index contributed by atoms with van der Waals surface area (Å²) in [5.41, 5.74) is 2.14. The van der Waals surface area contributed by atoms with E-state index in [0.29, 0.717) is 0 Å². The third-order valence-corrected chi connectivity index (χ3v) is 1.30. The summed E-state index contributed by atoms with van der Waals surface area (Å²) in [6.07, 6.45) is 6.56. The molecule has 0 bridgehead atoms. The second kappa shape index (κ2) is 4.80. The molecule has 0 saturated carbocycles. The van der Waals surface area contributed by atoms with Crippen molar-refractivity contribution in [1.29, 1.82) is 0 Å². The standard InChI is InChI=1S/C10H14/c1-5-9(4)8-10(6-2)7-3/h5-6,8H,1-2,4,7H2,3H3/b10-8+. The van der Waals surface area contributed by atoms with Crippen LogP contribution in [0.5, 0.6) is 0 Å². The Balaban J connectivity index is 4.23. The zero-order valence-electron chi connectivity index (χ0n) is 6.56. The van der Waals surface area contributed by atoms with Crippen molar-refractivity contribution in [3.63, 3.8) is 0 Å². The predicted molar refractivity (Wildman–Crippen MR) is 47.9 cm³/mol. The molecular formula is C10H14. The second-order valence-electron chi connectivity index (χ2n) is 2.06. The van der Waals surface area contributed by atoms with Crippen molar-refractivity contribution in [2.45, 2.75) is 13.3 Å². The molecule has 0 aliphatic carbocycles. The van der Waals surface area contributed by atoms with E-state index in [9.17, 15) is 0 Å². The molecule has 0 aromatic rings. The van der Waals surface area contributed by atoms with E-state index < -0.39 is 0 Å². The van der Waals surface area contributed by atoms with Crippen LogP contribution in [0.15, 0.2) is 49.1 Å². The van der Waals surface area contributed by atoms with Crippen LogP contribution in [0.3, 0.4) is 0 Å². The van der Waals surface area contributed by atoms with Crippen molar-refractivity contribution in [1.82, 2.24) is 0 Å². The predicted octanol–water partition coefficient (Wildman–Crippen LogP) is 3.25. The van der Waals surface area contributed by atoms with Gasteiger partial charge in [0.2, 0.25) is 0 Å². The average molecular weight is 134 g/mol. The van der Waals surface area contributed by atoms with Gasteiger partial charge in [-0.15, -0.1) is 0 Å². The second-order valence-corrected chi connectivity index (χ2v) is 2.06. The molecule has 0 heteroatoms. The van der Waals surface area contributed by atoms with Crippen molar-refractivity contribution in [3.05, 3.63) is 49.1 Å². The van der Waals surface area contributed by atoms with Crippen LogP contribution in [0.25, 0.3) is 0 Å². The quantitative estimate of drug-likeness (QED) is 0.518. The SMILES string of the molecule is C=CC(=C)/C=C(\C=C)CC. The molecule has 0 heterocycles. The molecule has 0 atom stereocenters. The molecule has 0 unspecified atom stereocenters. The van der Waals surface area contributed by atoms with Crippen molar-refractivity contribution in [2.24, 2.45) is 0 Å². The molecule has 0 saturated heterocycles. The smallest absolute Gasteiger partial charge is 0.0307 e. The summed E-state index contributed by atoms with van der Waals surface area (Å²) in [5.74, 6) is 0. The van der Waals surface area contributed by atoms with Gasteiger partial charge in [-0.1, -0.05) is 44.9 Å². The molecule has 0 rings (SSSR count). The van der Waals surface area contributed by atoms with Crippen LogP contribution in [0.4, 0.5) is 0 Å². The molecule has 0 nitrogen and oxygen atoms in total. The fraction of sp³-hybridized carbons (Fsp3) is 0.200. The lowest BCUT2D eigenvalue weighted by Gasteiger charge is -1.94. The zero-order valence-corrected chi connectivity index (χ0v) is 6.56. The maximum absolute atomic E-state index is 3.77. The van der Waals surface area contributed by atoms with E-state index in [4.69, 9.17) is 0 Å². The van der Waals surface area contributed by atoms with Gasteiger partial charge >= 0.3 is 0 Å². The summed E-state index contributed by atoms with van der Waals surface area (Å²) in [4.78, 5) is 0. The average Bonchev–Trinajstić information content (AvgIpc) is 1.99. The van der Waals surface area contributed by atoms with Crippen LogP contribution < -0.4 is 0 Å². The fourth-order valence-corrected chi connectivity index (χ4v) is 0.602. The van der Waals surface area contributed by atoms with Gasteiger partial charge < -0.3 is 0 Å². The summed E-state index contributed by atoms with van der Waals surface area (Å²) in [7, 11) is 0. The van der Waals surface area contributed by atoms with E-state index in [2.05, 4.69) is 26.7 Å². The maximum atomic E-state index is 3.77. The fourth-order valence-electron chi connectivity index (χ4n) is 0.602. The van der Waals surface area contributed by atoms with Crippen LogP contribution in [0.2, 0.25) is 0 Å². The van der Waals surface area contributed by atoms with E-state index in [0.717, 1.165) is 12.0 Å². The van der Waals surface area contributed by atoms with Gasteiger partial charge in [-0.25, -0.2) is 0 Å². The van der Waals surface area contributed by atoms with Gasteiger partial charge in [-0.2, -0.15) is 0 Å². The number of hydrogen-bond donors (Lipinski definition) is 0. The van der Waals surface area contributed by atoms with Gasteiger partial charge in [0.1, 0.15) is 0 Å². The topological polar surface area (TPSA) is 0 Å². The van der Waals surface area contributed by atoms with Crippen LogP contribution in [-0.4, -0.2) is 0 Å². The van der Waals surface area contributed by atoms with Gasteiger partial charge in [0.15, 0.2) is 0 Å². The minimum absolute atomic E-state index is 0.941. The summed E-state index contributed by atoms with van der Waals surface area (Å²) in [6.45, 7) is 13.1. The van der Waals surface area contributed by atoms with Crippen molar-refractivity contribution in [2.75, 3.05) is 0 Å². The third kappa shape index (κ3) is 3.08. The molecule has 0 radical (unpaired) electrons. The lowest BCUT2D eigenvalue weighted by Crippen LogP contribution is -1.74. The molecule has 0 fully saturated rings. The van der Waals surface area contributed by atoms with Crippen LogP contribution in [0.1, 0.15) is 13.3 Å². The van der Waals surface area contributed by atoms with Crippen molar-refractivity contribution < 1.29 is 0 Å². The Morgan fingerprint density at radius 2 is 1.90 bits per heavy atom. The van der Waals surface area contributed by atoms with Gasteiger partial charge in [0.25, 0.3) is 0 Å². The molecule has 0 amide bonds. The molecule has 0 aromatic heterocycles. The first-order chi connectivity index (χ1) is 4.74. The highest BCUT2D eigenvalue weighted by Crippen LogP contribution is 2.05. The van der Waals surface area contributed by atoms with Crippen LogP contribution in [0, 0.1) is 0 Å². The Hall–Kier alpha value is -1.04. The Morgan fingerprint density at radius 3 is 2.20 bits per heavy atom. The van der Waals surface area contributed by atoms with Crippen LogP contribution >= 0.6 is 0 Å². The molecular weight excluding hydrogens is 120 g/mol. The number of allylic oxidation sites excluding steroid dienone is 5. The highest BCUT2D eigenvalue weighted by molar-refractivity contribution is 5.33. The lowest BCUT2D eigenvalue weighted by molar-refractivity contribution is 1.15. The highest BCUT2D eigenvalue weighted by atomic mass is 13.9. The Labute approximate surface area is 63.3 Å². The summed E-state index contributed by atoms with van der Waals surface area (Å²) < 4.78 is 0. The summed E-state index contributed by atoms with van der Waals surface area (Å²) >= 11 is 0. The molecule has 0 aliphatic rings. The zero-order chi connectivity index (χ0) is 7.98. The summed E-state index contributed by atoms with van der Waals surface area (Å²) in [6, 6.07) is 0. The maximum Gasteiger partial charge on any atom is -0.0307 e. The first kappa shape index (κ1) is 8.96. The van der Waals surface area contributed by atoms with Crippen molar-refractivity contribution >= 4 is 0 Å². The summed E-state index contributed by atoms with van der Waals surface area (Å²) in [5, 5.41) is 0. The van der Waals surface area contributed by atoms with Gasteiger partial charge in [-0.05, 0) is 17.6 Å². The van der Waals surface area contributed by atoms with Crippen LogP contribution in [-0.2, 0) is 0 Å². The monoisotopic (exact) mass is 134 g/mol. The Morgan fingerprint density at radius 1 is 1.30 bits per heavy atom. The Kier molecular flexibility index (Phi) is 4.30.